The van der Waals surface area contributed by atoms with Crippen LogP contribution in [0.3, 0.4) is 0 Å². The van der Waals surface area contributed by atoms with Crippen molar-refractivity contribution in [2.75, 3.05) is 39.3 Å². The van der Waals surface area contributed by atoms with Gasteiger partial charge in [0, 0.05) is 32.7 Å². The summed E-state index contributed by atoms with van der Waals surface area (Å²) in [5.74, 6) is 0. The maximum atomic E-state index is 5.86. The molecule has 2 N–H and O–H groups in total. The van der Waals surface area contributed by atoms with Gasteiger partial charge in [-0.2, -0.15) is 0 Å². The first-order valence-corrected chi connectivity index (χ1v) is 7.82. The predicted octanol–water partition coefficient (Wildman–Crippen LogP) is 1.48. The van der Waals surface area contributed by atoms with E-state index >= 15 is 0 Å². The lowest BCUT2D eigenvalue weighted by atomic mass is 10.1. The van der Waals surface area contributed by atoms with Gasteiger partial charge in [-0.1, -0.05) is 25.6 Å². The molecule has 0 aliphatic carbocycles. The van der Waals surface area contributed by atoms with Crippen molar-refractivity contribution in [2.45, 2.75) is 45.8 Å². The van der Waals surface area contributed by atoms with Gasteiger partial charge in [0.25, 0.3) is 0 Å². The van der Waals surface area contributed by atoms with Crippen LogP contribution < -0.4 is 5.73 Å². The number of rotatable bonds is 8. The topological polar surface area (TPSA) is 41.7 Å². The quantitative estimate of drug-likeness (QED) is 0.685. The van der Waals surface area contributed by atoms with Crippen molar-refractivity contribution in [3.8, 4) is 0 Å². The molecule has 0 radical (unpaired) electrons. The molecule has 1 aliphatic rings. The first kappa shape index (κ1) is 16.8. The molecule has 5 heteroatoms. The maximum absolute atomic E-state index is 5.86. The highest BCUT2D eigenvalue weighted by Gasteiger charge is 2.24. The lowest BCUT2D eigenvalue weighted by Gasteiger charge is -2.39. The third-order valence-electron chi connectivity index (χ3n) is 3.60. The summed E-state index contributed by atoms with van der Waals surface area (Å²) in [6, 6.07) is 0.286. The Labute approximate surface area is 123 Å². The minimum atomic E-state index is 0.286. The first-order valence-electron chi connectivity index (χ1n) is 7.42. The number of nitrogens with two attached hydrogens (primary N) is 1. The molecule has 0 aromatic carbocycles. The summed E-state index contributed by atoms with van der Waals surface area (Å²) in [4.78, 5) is 5.55. The van der Waals surface area contributed by atoms with E-state index in [1.807, 2.05) is 0 Å². The number of hydrogen-bond donors (Lipinski definition) is 1. The van der Waals surface area contributed by atoms with Gasteiger partial charge in [-0.15, -0.1) is 0 Å². The molecular formula is C14H29N3OS. The van der Waals surface area contributed by atoms with Crippen LogP contribution in [0, 0.1) is 0 Å². The van der Waals surface area contributed by atoms with Crippen LogP contribution in [0.25, 0.3) is 0 Å². The summed E-state index contributed by atoms with van der Waals surface area (Å²) in [6.45, 7) is 12.5. The van der Waals surface area contributed by atoms with Gasteiger partial charge in [0.2, 0.25) is 0 Å². The molecule has 0 aromatic heterocycles. The highest BCUT2D eigenvalue weighted by Crippen LogP contribution is 2.11. The molecule has 1 unspecified atom stereocenters. The van der Waals surface area contributed by atoms with Crippen LogP contribution >= 0.6 is 12.2 Å². The van der Waals surface area contributed by atoms with E-state index in [0.717, 1.165) is 52.2 Å². The Morgan fingerprint density at radius 3 is 2.37 bits per heavy atom. The molecular weight excluding hydrogens is 258 g/mol. The summed E-state index contributed by atoms with van der Waals surface area (Å²) in [6.07, 6.45) is 2.53. The monoisotopic (exact) mass is 287 g/mol. The number of thiocarbonyl (C=S) groups is 1. The summed E-state index contributed by atoms with van der Waals surface area (Å²) < 4.78 is 5.60. The van der Waals surface area contributed by atoms with Crippen molar-refractivity contribution in [3.63, 3.8) is 0 Å². The standard InChI is InChI=1S/C14H29N3OS/c1-4-5-13(14(15)19)17-8-6-16(7-9-17)10-11-18-12(2)3/h12-13H,4-11H2,1-3H3,(H2,15,19). The highest BCUT2D eigenvalue weighted by molar-refractivity contribution is 7.80. The zero-order valence-electron chi connectivity index (χ0n) is 12.6. The minimum Gasteiger partial charge on any atom is -0.392 e. The van der Waals surface area contributed by atoms with E-state index < -0.39 is 0 Å². The molecule has 1 saturated heterocycles. The van der Waals surface area contributed by atoms with Gasteiger partial charge < -0.3 is 10.5 Å². The van der Waals surface area contributed by atoms with Crippen LogP contribution in [0.5, 0.6) is 0 Å². The second-order valence-corrected chi connectivity index (χ2v) is 5.98. The molecule has 1 heterocycles. The fourth-order valence-corrected chi connectivity index (χ4v) is 2.76. The molecule has 0 saturated carbocycles. The predicted molar refractivity (Wildman–Crippen MR) is 84.6 cm³/mol. The van der Waals surface area contributed by atoms with Gasteiger partial charge >= 0.3 is 0 Å². The Balaban J connectivity index is 2.29. The Morgan fingerprint density at radius 2 is 1.89 bits per heavy atom. The third-order valence-corrected chi connectivity index (χ3v) is 3.87. The normalized spacial score (nSPS) is 19.8. The second-order valence-electron chi connectivity index (χ2n) is 5.50. The molecule has 112 valence electrons. The van der Waals surface area contributed by atoms with E-state index in [4.69, 9.17) is 22.7 Å². The van der Waals surface area contributed by atoms with E-state index in [1.54, 1.807) is 0 Å². The van der Waals surface area contributed by atoms with Crippen LogP contribution in [0.1, 0.15) is 33.6 Å². The van der Waals surface area contributed by atoms with Gasteiger partial charge in [-0.05, 0) is 20.3 Å². The Hall–Kier alpha value is -0.230. The lowest BCUT2D eigenvalue weighted by Crippen LogP contribution is -2.54. The Morgan fingerprint density at radius 1 is 1.26 bits per heavy atom. The second kappa shape index (κ2) is 8.84. The number of nitrogens with zero attached hydrogens (tertiary/aromatic N) is 2. The van der Waals surface area contributed by atoms with Gasteiger partial charge in [0.15, 0.2) is 0 Å². The third kappa shape index (κ3) is 6.17. The summed E-state index contributed by atoms with van der Waals surface area (Å²) in [5.41, 5.74) is 5.86. The summed E-state index contributed by atoms with van der Waals surface area (Å²) >= 11 is 5.19. The first-order chi connectivity index (χ1) is 9.04. The molecule has 0 aromatic rings. The van der Waals surface area contributed by atoms with Crippen LogP contribution in [-0.4, -0.2) is 66.3 Å². The fourth-order valence-electron chi connectivity index (χ4n) is 2.49. The average molecular weight is 287 g/mol. The van der Waals surface area contributed by atoms with E-state index in [9.17, 15) is 0 Å². The zero-order chi connectivity index (χ0) is 14.3. The Kier molecular flexibility index (Phi) is 7.83. The summed E-state index contributed by atoms with van der Waals surface area (Å²) in [7, 11) is 0. The highest BCUT2D eigenvalue weighted by atomic mass is 32.1. The SMILES string of the molecule is CCCC(C(N)=S)N1CCN(CCOC(C)C)CC1. The Bertz CT molecular complexity index is 265. The number of ether oxygens (including phenoxy) is 1. The van der Waals surface area contributed by atoms with Crippen molar-refractivity contribution in [1.29, 1.82) is 0 Å². The van der Waals surface area contributed by atoms with Crippen LogP contribution in [0.2, 0.25) is 0 Å². The van der Waals surface area contributed by atoms with Crippen molar-refractivity contribution in [1.82, 2.24) is 9.80 Å². The van der Waals surface area contributed by atoms with Crippen molar-refractivity contribution < 1.29 is 4.74 Å². The van der Waals surface area contributed by atoms with E-state index in [-0.39, 0.29) is 6.04 Å². The van der Waals surface area contributed by atoms with Crippen LogP contribution in [0.4, 0.5) is 0 Å². The van der Waals surface area contributed by atoms with Gasteiger partial charge in [0.05, 0.1) is 23.7 Å². The molecule has 1 rings (SSSR count). The van der Waals surface area contributed by atoms with Gasteiger partial charge in [0.1, 0.15) is 0 Å². The number of hydrogen-bond acceptors (Lipinski definition) is 4. The van der Waals surface area contributed by atoms with E-state index in [1.165, 1.54) is 0 Å². The largest absolute Gasteiger partial charge is 0.392 e. The van der Waals surface area contributed by atoms with Crippen LogP contribution in [-0.2, 0) is 4.74 Å². The average Bonchev–Trinajstić information content (AvgIpc) is 2.36. The zero-order valence-corrected chi connectivity index (χ0v) is 13.4. The molecule has 4 nitrogen and oxygen atoms in total. The fraction of sp³-hybridized carbons (Fsp3) is 0.929. The minimum absolute atomic E-state index is 0.286. The van der Waals surface area contributed by atoms with Gasteiger partial charge in [-0.25, -0.2) is 0 Å². The molecule has 0 amide bonds. The summed E-state index contributed by atoms with van der Waals surface area (Å²) in [5, 5.41) is 0. The van der Waals surface area contributed by atoms with E-state index in [2.05, 4.69) is 30.6 Å². The molecule has 0 bridgehead atoms. The maximum Gasteiger partial charge on any atom is 0.0902 e. The molecule has 1 aliphatic heterocycles. The lowest BCUT2D eigenvalue weighted by molar-refractivity contribution is 0.0417. The number of piperazine rings is 1. The van der Waals surface area contributed by atoms with Crippen LogP contribution in [0.15, 0.2) is 0 Å². The molecule has 1 atom stereocenters. The van der Waals surface area contributed by atoms with Crippen molar-refractivity contribution in [2.24, 2.45) is 5.73 Å². The van der Waals surface area contributed by atoms with Crippen molar-refractivity contribution >= 4 is 17.2 Å². The smallest absolute Gasteiger partial charge is 0.0902 e. The van der Waals surface area contributed by atoms with Gasteiger partial charge in [-0.3, -0.25) is 9.80 Å². The molecule has 19 heavy (non-hydrogen) atoms. The molecule has 1 fully saturated rings. The van der Waals surface area contributed by atoms with Crippen molar-refractivity contribution in [3.05, 3.63) is 0 Å². The molecule has 0 spiro atoms. The van der Waals surface area contributed by atoms with E-state index in [0.29, 0.717) is 11.1 Å².